The van der Waals surface area contributed by atoms with E-state index in [4.69, 9.17) is 4.74 Å². The van der Waals surface area contributed by atoms with E-state index >= 15 is 0 Å². The number of ether oxygens (including phenoxy) is 1. The zero-order valence-corrected chi connectivity index (χ0v) is 16.8. The van der Waals surface area contributed by atoms with Crippen molar-refractivity contribution in [2.45, 2.75) is 19.4 Å². The van der Waals surface area contributed by atoms with Gasteiger partial charge in [0, 0.05) is 35.5 Å². The third kappa shape index (κ3) is 3.12. The molecular weight excluding hydrogens is 374 g/mol. The number of pyridine rings is 1. The maximum atomic E-state index is 13.5. The van der Waals surface area contributed by atoms with Crippen LogP contribution in [0.2, 0.25) is 0 Å². The van der Waals surface area contributed by atoms with Crippen molar-refractivity contribution in [3.05, 3.63) is 95.4 Å². The van der Waals surface area contributed by atoms with E-state index in [1.807, 2.05) is 42.2 Å². The molecule has 1 aliphatic rings. The van der Waals surface area contributed by atoms with Crippen molar-refractivity contribution in [3.63, 3.8) is 0 Å². The van der Waals surface area contributed by atoms with Crippen LogP contribution in [0.4, 0.5) is 0 Å². The smallest absolute Gasteiger partial charge is 0.256 e. The number of nitrogens with one attached hydrogen (secondary N) is 1. The zero-order chi connectivity index (χ0) is 20.5. The molecule has 0 saturated carbocycles. The lowest BCUT2D eigenvalue weighted by Gasteiger charge is -2.36. The van der Waals surface area contributed by atoms with Gasteiger partial charge in [0.05, 0.1) is 18.2 Å². The lowest BCUT2D eigenvalue weighted by atomic mass is 9.91. The predicted molar refractivity (Wildman–Crippen MR) is 117 cm³/mol. The second-order valence-corrected chi connectivity index (χ2v) is 7.46. The van der Waals surface area contributed by atoms with Crippen LogP contribution in [-0.2, 0) is 6.42 Å². The highest BCUT2D eigenvalue weighted by atomic mass is 16.5. The van der Waals surface area contributed by atoms with E-state index in [-0.39, 0.29) is 11.9 Å². The third-order valence-corrected chi connectivity index (χ3v) is 5.69. The molecule has 0 fully saturated rings. The van der Waals surface area contributed by atoms with Crippen LogP contribution >= 0.6 is 0 Å². The summed E-state index contributed by atoms with van der Waals surface area (Å²) in [5.74, 6) is 0.797. The number of carbonyl (C=O) groups excluding carboxylic acids is 1. The third-order valence-electron chi connectivity index (χ3n) is 5.69. The van der Waals surface area contributed by atoms with Crippen LogP contribution in [0.25, 0.3) is 10.9 Å². The van der Waals surface area contributed by atoms with Crippen molar-refractivity contribution in [3.8, 4) is 5.75 Å². The van der Waals surface area contributed by atoms with Crippen LogP contribution < -0.4 is 4.74 Å². The molecule has 2 aromatic carbocycles. The number of para-hydroxylation sites is 1. The van der Waals surface area contributed by atoms with Crippen molar-refractivity contribution in [2.75, 3.05) is 13.2 Å². The van der Waals surface area contributed by atoms with E-state index in [2.05, 4.69) is 34.2 Å². The number of fused-ring (bicyclic) bond motifs is 3. The SMILES string of the molecule is CCOc1cccc(C2c3[nH]c4ccccc4c3CCN2C(=O)c2cccnc2)c1. The molecule has 0 bridgehead atoms. The normalized spacial score (nSPS) is 15.8. The Kier molecular flexibility index (Phi) is 4.71. The number of aromatic nitrogens is 2. The molecule has 2 aromatic heterocycles. The van der Waals surface area contributed by atoms with Gasteiger partial charge in [0.25, 0.3) is 5.91 Å². The summed E-state index contributed by atoms with van der Waals surface area (Å²) < 4.78 is 5.74. The van der Waals surface area contributed by atoms with Crippen LogP contribution in [0, 0.1) is 0 Å². The first kappa shape index (κ1) is 18.4. The summed E-state index contributed by atoms with van der Waals surface area (Å²) in [6.07, 6.45) is 4.13. The van der Waals surface area contributed by atoms with Gasteiger partial charge in [-0.1, -0.05) is 30.3 Å². The molecule has 30 heavy (non-hydrogen) atoms. The van der Waals surface area contributed by atoms with Crippen molar-refractivity contribution < 1.29 is 9.53 Å². The van der Waals surface area contributed by atoms with Gasteiger partial charge in [-0.15, -0.1) is 0 Å². The van der Waals surface area contributed by atoms with E-state index in [1.165, 1.54) is 10.9 Å². The van der Waals surface area contributed by atoms with E-state index in [0.717, 1.165) is 28.9 Å². The average molecular weight is 397 g/mol. The van der Waals surface area contributed by atoms with Crippen LogP contribution in [-0.4, -0.2) is 33.9 Å². The number of aromatic amines is 1. The molecule has 1 atom stereocenters. The van der Waals surface area contributed by atoms with Crippen LogP contribution in [0.1, 0.15) is 40.1 Å². The Labute approximate surface area is 175 Å². The summed E-state index contributed by atoms with van der Waals surface area (Å²) in [7, 11) is 0. The van der Waals surface area contributed by atoms with Gasteiger partial charge in [-0.05, 0) is 54.8 Å². The summed E-state index contributed by atoms with van der Waals surface area (Å²) in [6.45, 7) is 3.22. The number of H-pyrrole nitrogens is 1. The lowest BCUT2D eigenvalue weighted by molar-refractivity contribution is 0.0691. The highest BCUT2D eigenvalue weighted by molar-refractivity contribution is 5.95. The molecule has 0 saturated heterocycles. The molecule has 0 radical (unpaired) electrons. The summed E-state index contributed by atoms with van der Waals surface area (Å²) in [4.78, 5) is 23.1. The minimum Gasteiger partial charge on any atom is -0.494 e. The summed E-state index contributed by atoms with van der Waals surface area (Å²) >= 11 is 0. The standard InChI is InChI=1S/C25H23N3O2/c1-2-30-19-9-5-7-17(15-19)24-23-21(20-10-3-4-11-22(20)27-23)12-14-28(24)25(29)18-8-6-13-26-16-18/h3-11,13,15-16,24,27H,2,12,14H2,1H3. The van der Waals surface area contributed by atoms with E-state index in [0.29, 0.717) is 18.7 Å². The van der Waals surface area contributed by atoms with E-state index in [9.17, 15) is 4.79 Å². The van der Waals surface area contributed by atoms with Gasteiger partial charge in [0.15, 0.2) is 0 Å². The topological polar surface area (TPSA) is 58.2 Å². The molecule has 4 aromatic rings. The van der Waals surface area contributed by atoms with Crippen molar-refractivity contribution in [1.82, 2.24) is 14.9 Å². The van der Waals surface area contributed by atoms with Gasteiger partial charge >= 0.3 is 0 Å². The molecular formula is C25H23N3O2. The quantitative estimate of drug-likeness (QED) is 0.541. The van der Waals surface area contributed by atoms with Gasteiger partial charge in [-0.2, -0.15) is 0 Å². The second-order valence-electron chi connectivity index (χ2n) is 7.46. The Morgan fingerprint density at radius 1 is 1.17 bits per heavy atom. The maximum Gasteiger partial charge on any atom is 0.256 e. The molecule has 1 aliphatic heterocycles. The van der Waals surface area contributed by atoms with Crippen LogP contribution in [0.15, 0.2) is 73.1 Å². The molecule has 3 heterocycles. The molecule has 1 N–H and O–H groups in total. The predicted octanol–water partition coefficient (Wildman–Crippen LogP) is 4.75. The fourth-order valence-electron chi connectivity index (χ4n) is 4.40. The van der Waals surface area contributed by atoms with Gasteiger partial charge in [-0.25, -0.2) is 0 Å². The number of carbonyl (C=O) groups is 1. The summed E-state index contributed by atoms with van der Waals surface area (Å²) in [5.41, 5.74) is 5.10. The molecule has 0 spiro atoms. The highest BCUT2D eigenvalue weighted by Crippen LogP contribution is 2.39. The fourth-order valence-corrected chi connectivity index (χ4v) is 4.40. The molecule has 5 nitrogen and oxygen atoms in total. The number of rotatable bonds is 4. The minimum absolute atomic E-state index is 0.0146. The van der Waals surface area contributed by atoms with Gasteiger partial charge in [0.2, 0.25) is 0 Å². The molecule has 1 amide bonds. The Hall–Kier alpha value is -3.60. The molecule has 5 heteroatoms. The van der Waals surface area contributed by atoms with E-state index in [1.54, 1.807) is 18.5 Å². The molecule has 1 unspecified atom stereocenters. The number of benzene rings is 2. The van der Waals surface area contributed by atoms with Gasteiger partial charge < -0.3 is 14.6 Å². The fraction of sp³-hybridized carbons (Fsp3) is 0.200. The van der Waals surface area contributed by atoms with Gasteiger partial charge in [-0.3, -0.25) is 9.78 Å². The van der Waals surface area contributed by atoms with Crippen LogP contribution in [0.5, 0.6) is 5.75 Å². The zero-order valence-electron chi connectivity index (χ0n) is 16.8. The Morgan fingerprint density at radius 3 is 2.90 bits per heavy atom. The van der Waals surface area contributed by atoms with Crippen molar-refractivity contribution in [1.29, 1.82) is 0 Å². The monoisotopic (exact) mass is 397 g/mol. The number of hydrogen-bond donors (Lipinski definition) is 1. The van der Waals surface area contributed by atoms with Crippen molar-refractivity contribution >= 4 is 16.8 Å². The van der Waals surface area contributed by atoms with E-state index < -0.39 is 0 Å². The summed E-state index contributed by atoms with van der Waals surface area (Å²) in [6, 6.07) is 19.8. The number of nitrogens with zero attached hydrogens (tertiary/aromatic N) is 2. The molecule has 0 aliphatic carbocycles. The lowest BCUT2D eigenvalue weighted by Crippen LogP contribution is -2.40. The highest BCUT2D eigenvalue weighted by Gasteiger charge is 2.35. The van der Waals surface area contributed by atoms with Gasteiger partial charge in [0.1, 0.15) is 5.75 Å². The molecule has 150 valence electrons. The Morgan fingerprint density at radius 2 is 2.07 bits per heavy atom. The first-order valence-corrected chi connectivity index (χ1v) is 10.3. The average Bonchev–Trinajstić information content (AvgIpc) is 3.17. The number of amides is 1. The summed E-state index contributed by atoms with van der Waals surface area (Å²) in [5, 5.41) is 1.23. The Balaban J connectivity index is 1.66. The first-order chi connectivity index (χ1) is 14.8. The molecule has 5 rings (SSSR count). The maximum absolute atomic E-state index is 13.5. The van der Waals surface area contributed by atoms with Crippen molar-refractivity contribution in [2.24, 2.45) is 0 Å². The Bertz CT molecular complexity index is 1200. The largest absolute Gasteiger partial charge is 0.494 e. The first-order valence-electron chi connectivity index (χ1n) is 10.3. The van der Waals surface area contributed by atoms with Crippen LogP contribution in [0.3, 0.4) is 0 Å². The second kappa shape index (κ2) is 7.67. The number of hydrogen-bond acceptors (Lipinski definition) is 3. The minimum atomic E-state index is -0.214.